The van der Waals surface area contributed by atoms with E-state index in [1.54, 1.807) is 0 Å². The van der Waals surface area contributed by atoms with Gasteiger partial charge in [0.05, 0.1) is 28.0 Å². The van der Waals surface area contributed by atoms with Crippen LogP contribution in [0.2, 0.25) is 0 Å². The molecule has 5 nitrogen and oxygen atoms in total. The molecular formula is C62H67N3O2. The van der Waals surface area contributed by atoms with E-state index < -0.39 is 0 Å². The van der Waals surface area contributed by atoms with Crippen LogP contribution in [0.1, 0.15) is 154 Å². The maximum Gasteiger partial charge on any atom is 0.149 e. The number of fused-ring (bicyclic) bond motifs is 4. The summed E-state index contributed by atoms with van der Waals surface area (Å²) in [5.74, 6) is 1.90. The summed E-state index contributed by atoms with van der Waals surface area (Å²) in [6, 6.07) is 41.5. The lowest BCUT2D eigenvalue weighted by Crippen LogP contribution is -2.17. The molecule has 0 amide bonds. The van der Waals surface area contributed by atoms with Gasteiger partial charge in [-0.2, -0.15) is 0 Å². The van der Waals surface area contributed by atoms with Crippen LogP contribution in [0.15, 0.2) is 126 Å². The standard InChI is InChI=1S/C62H67N3O2/c1-35(2)43-22-18-23-44(36(3)4)55(43)41-27-28-46-48-34-47(37(5)6)57(54(38(7)8)59(48)67-53(46)31-41)65-52-26-19-24-45(39-20-17-21-40(30-39)51-25-15-16-29-63-51)56(52)64-60(65)49-32-42(61(9,10)11)33-50(58(49)66)62(12,13)14/h15-38,66H,1-14H3. The minimum Gasteiger partial charge on any atom is -0.507 e. The van der Waals surface area contributed by atoms with Gasteiger partial charge in [0.1, 0.15) is 22.7 Å². The van der Waals surface area contributed by atoms with Crippen LogP contribution in [0.25, 0.3) is 83.6 Å². The van der Waals surface area contributed by atoms with Crippen molar-refractivity contribution in [3.63, 3.8) is 0 Å². The third kappa shape index (κ3) is 8.04. The highest BCUT2D eigenvalue weighted by Gasteiger charge is 2.32. The summed E-state index contributed by atoms with van der Waals surface area (Å²) < 4.78 is 9.60. The molecule has 0 spiro atoms. The van der Waals surface area contributed by atoms with Crippen LogP contribution in [0.3, 0.4) is 0 Å². The van der Waals surface area contributed by atoms with E-state index >= 15 is 0 Å². The smallest absolute Gasteiger partial charge is 0.149 e. The number of para-hydroxylation sites is 1. The lowest BCUT2D eigenvalue weighted by molar-refractivity contribution is 0.446. The van der Waals surface area contributed by atoms with Crippen LogP contribution in [0.4, 0.5) is 0 Å². The fourth-order valence-corrected chi connectivity index (χ4v) is 10.1. The van der Waals surface area contributed by atoms with E-state index in [1.807, 2.05) is 24.4 Å². The molecule has 0 saturated heterocycles. The molecule has 1 N–H and O–H groups in total. The van der Waals surface area contributed by atoms with Gasteiger partial charge in [-0.05, 0) is 122 Å². The Morgan fingerprint density at radius 3 is 1.87 bits per heavy atom. The van der Waals surface area contributed by atoms with E-state index in [2.05, 4.69) is 204 Å². The van der Waals surface area contributed by atoms with Gasteiger partial charge in [0, 0.05) is 39.2 Å². The van der Waals surface area contributed by atoms with Gasteiger partial charge < -0.3 is 9.52 Å². The fraction of sp³-hybridized carbons (Fsp3) is 0.323. The number of pyridine rings is 1. The number of aromatic nitrogens is 3. The summed E-state index contributed by atoms with van der Waals surface area (Å²) >= 11 is 0. The van der Waals surface area contributed by atoms with Gasteiger partial charge in [-0.25, -0.2) is 4.98 Å². The topological polar surface area (TPSA) is 64.1 Å². The van der Waals surface area contributed by atoms with E-state index in [-0.39, 0.29) is 28.4 Å². The number of hydrogen-bond donors (Lipinski definition) is 1. The van der Waals surface area contributed by atoms with Crippen molar-refractivity contribution < 1.29 is 9.52 Å². The zero-order valence-corrected chi connectivity index (χ0v) is 42.1. The van der Waals surface area contributed by atoms with Gasteiger partial charge in [0.25, 0.3) is 0 Å². The van der Waals surface area contributed by atoms with Crippen molar-refractivity contribution in [2.75, 3.05) is 0 Å². The van der Waals surface area contributed by atoms with E-state index in [9.17, 15) is 5.11 Å². The number of aromatic hydroxyl groups is 1. The number of phenolic OH excluding ortho intramolecular Hbond substituents is 1. The first-order valence-corrected chi connectivity index (χ1v) is 24.3. The molecule has 0 aliphatic carbocycles. The summed E-state index contributed by atoms with van der Waals surface area (Å²) in [6.07, 6.45) is 1.84. The lowest BCUT2D eigenvalue weighted by atomic mass is 9.78. The number of benzene rings is 6. The summed E-state index contributed by atoms with van der Waals surface area (Å²) in [5, 5.41) is 14.9. The lowest BCUT2D eigenvalue weighted by Gasteiger charge is -2.28. The predicted octanol–water partition coefficient (Wildman–Crippen LogP) is 17.8. The maximum atomic E-state index is 12.7. The molecule has 342 valence electrons. The van der Waals surface area contributed by atoms with Crippen LogP contribution in [0, 0.1) is 0 Å². The van der Waals surface area contributed by atoms with Crippen molar-refractivity contribution in [1.29, 1.82) is 0 Å². The van der Waals surface area contributed by atoms with E-state index in [4.69, 9.17) is 9.40 Å². The zero-order chi connectivity index (χ0) is 47.9. The van der Waals surface area contributed by atoms with Crippen molar-refractivity contribution >= 4 is 33.0 Å². The highest BCUT2D eigenvalue weighted by molar-refractivity contribution is 6.09. The molecule has 9 aromatic rings. The number of phenols is 1. The van der Waals surface area contributed by atoms with Crippen LogP contribution in [-0.2, 0) is 10.8 Å². The van der Waals surface area contributed by atoms with Crippen molar-refractivity contribution in [1.82, 2.24) is 14.5 Å². The number of nitrogens with zero attached hydrogens (tertiary/aromatic N) is 3. The Morgan fingerprint density at radius 2 is 1.24 bits per heavy atom. The summed E-state index contributed by atoms with van der Waals surface area (Å²) in [5.41, 5.74) is 18.4. The third-order valence-electron chi connectivity index (χ3n) is 13.7. The van der Waals surface area contributed by atoms with Crippen molar-refractivity contribution in [3.8, 4) is 56.3 Å². The fourth-order valence-electron chi connectivity index (χ4n) is 10.1. The van der Waals surface area contributed by atoms with Gasteiger partial charge in [0.2, 0.25) is 0 Å². The summed E-state index contributed by atoms with van der Waals surface area (Å²) in [7, 11) is 0. The van der Waals surface area contributed by atoms with E-state index in [0.717, 1.165) is 77.7 Å². The Labute approximate surface area is 398 Å². The molecule has 5 heteroatoms. The van der Waals surface area contributed by atoms with Gasteiger partial charge >= 0.3 is 0 Å². The molecule has 0 radical (unpaired) electrons. The molecule has 0 bridgehead atoms. The minimum atomic E-state index is -0.335. The second kappa shape index (κ2) is 17.0. The number of imidazole rings is 1. The van der Waals surface area contributed by atoms with Gasteiger partial charge in [0.15, 0.2) is 0 Å². The van der Waals surface area contributed by atoms with Crippen LogP contribution < -0.4 is 0 Å². The van der Waals surface area contributed by atoms with Crippen molar-refractivity contribution in [2.24, 2.45) is 0 Å². The molecule has 6 aromatic carbocycles. The first kappa shape index (κ1) is 45.7. The molecule has 0 saturated carbocycles. The average Bonchev–Trinajstić information content (AvgIpc) is 3.85. The Balaban J connectivity index is 1.40. The molecule has 0 fully saturated rings. The Morgan fingerprint density at radius 1 is 0.567 bits per heavy atom. The van der Waals surface area contributed by atoms with Crippen LogP contribution in [-0.4, -0.2) is 19.6 Å². The molecule has 0 aliphatic rings. The second-order valence-corrected chi connectivity index (χ2v) is 22.0. The summed E-state index contributed by atoms with van der Waals surface area (Å²) in [6.45, 7) is 31.5. The van der Waals surface area contributed by atoms with Gasteiger partial charge in [-0.3, -0.25) is 9.55 Å². The Hall–Kier alpha value is -6.46. The summed E-state index contributed by atoms with van der Waals surface area (Å²) in [4.78, 5) is 10.4. The van der Waals surface area contributed by atoms with E-state index in [1.165, 1.54) is 27.8 Å². The highest BCUT2D eigenvalue weighted by Crippen LogP contribution is 2.49. The van der Waals surface area contributed by atoms with Gasteiger partial charge in [-0.1, -0.05) is 164 Å². The zero-order valence-electron chi connectivity index (χ0n) is 42.1. The molecule has 67 heavy (non-hydrogen) atoms. The monoisotopic (exact) mass is 886 g/mol. The number of rotatable bonds is 9. The molecule has 3 heterocycles. The second-order valence-electron chi connectivity index (χ2n) is 22.0. The van der Waals surface area contributed by atoms with Crippen molar-refractivity contribution in [3.05, 3.63) is 155 Å². The first-order valence-electron chi connectivity index (χ1n) is 24.3. The quantitative estimate of drug-likeness (QED) is 0.157. The molecule has 0 unspecified atom stereocenters. The van der Waals surface area contributed by atoms with Gasteiger partial charge in [-0.15, -0.1) is 0 Å². The normalized spacial score (nSPS) is 12.6. The molecule has 3 aromatic heterocycles. The number of hydrogen-bond acceptors (Lipinski definition) is 4. The van der Waals surface area contributed by atoms with Crippen molar-refractivity contribution in [2.45, 2.75) is 131 Å². The predicted molar refractivity (Wildman–Crippen MR) is 283 cm³/mol. The van der Waals surface area contributed by atoms with Crippen LogP contribution in [0.5, 0.6) is 5.75 Å². The highest BCUT2D eigenvalue weighted by atomic mass is 16.3. The van der Waals surface area contributed by atoms with Crippen LogP contribution >= 0.6 is 0 Å². The molecule has 9 rings (SSSR count). The molecule has 0 atom stereocenters. The Bertz CT molecular complexity index is 3300. The molecule has 0 aliphatic heterocycles. The third-order valence-corrected chi connectivity index (χ3v) is 13.7. The largest absolute Gasteiger partial charge is 0.507 e. The molecular weight excluding hydrogens is 819 g/mol. The first-order chi connectivity index (χ1) is 31.7. The minimum absolute atomic E-state index is 0.0635. The SMILES string of the molecule is CC(C)c1cccc(C(C)C)c1-c1ccc2c(c1)oc1c(C(C)C)c(-n3c(-c4cc(C(C)(C)C)cc(C(C)(C)C)c4O)nc4c(-c5cccc(-c6ccccn6)c5)cccc43)c(C(C)C)cc12. The Kier molecular flexibility index (Phi) is 11.6. The number of furan rings is 1. The average molecular weight is 886 g/mol. The maximum absolute atomic E-state index is 12.7. The van der Waals surface area contributed by atoms with E-state index in [0.29, 0.717) is 23.2 Å².